The highest BCUT2D eigenvalue weighted by Gasteiger charge is 2.13. The number of allylic oxidation sites excluding steroid dienone is 1. The summed E-state index contributed by atoms with van der Waals surface area (Å²) >= 11 is 0. The molecule has 0 unspecified atom stereocenters. The standard InChI is InChI=1S/C19H17NO4/c1-13(21)20-16-6-2-14(3-7-16)4-8-17(22)15-5-9-18-19(12-15)24-11-10-23-18/h2-9,12H,10-11H2,1H3,(H,20,21)/b8-4+. The average Bonchev–Trinajstić information content (AvgIpc) is 2.60. The van der Waals surface area contributed by atoms with Gasteiger partial charge in [-0.3, -0.25) is 9.59 Å². The molecule has 1 N–H and O–H groups in total. The first-order chi connectivity index (χ1) is 11.6. The zero-order valence-electron chi connectivity index (χ0n) is 13.2. The summed E-state index contributed by atoms with van der Waals surface area (Å²) in [6, 6.07) is 12.4. The van der Waals surface area contributed by atoms with Gasteiger partial charge in [0.2, 0.25) is 5.91 Å². The Morgan fingerprint density at radius 1 is 1.00 bits per heavy atom. The molecule has 2 aromatic carbocycles. The first-order valence-electron chi connectivity index (χ1n) is 7.61. The van der Waals surface area contributed by atoms with Crippen LogP contribution in [-0.4, -0.2) is 24.9 Å². The summed E-state index contributed by atoms with van der Waals surface area (Å²) in [5.74, 6) is 1.03. The van der Waals surface area contributed by atoms with Crippen molar-refractivity contribution in [3.63, 3.8) is 0 Å². The van der Waals surface area contributed by atoms with E-state index in [2.05, 4.69) is 5.32 Å². The molecule has 24 heavy (non-hydrogen) atoms. The number of benzene rings is 2. The molecule has 0 saturated carbocycles. The lowest BCUT2D eigenvalue weighted by molar-refractivity contribution is -0.114. The summed E-state index contributed by atoms with van der Waals surface area (Å²) in [5, 5.41) is 2.70. The molecule has 0 saturated heterocycles. The van der Waals surface area contributed by atoms with Crippen molar-refractivity contribution >= 4 is 23.5 Å². The van der Waals surface area contributed by atoms with E-state index in [9.17, 15) is 9.59 Å². The number of nitrogens with one attached hydrogen (secondary N) is 1. The Hall–Kier alpha value is -3.08. The van der Waals surface area contributed by atoms with Crippen LogP contribution in [0.3, 0.4) is 0 Å². The summed E-state index contributed by atoms with van der Waals surface area (Å²) in [6.07, 6.45) is 3.25. The molecule has 3 rings (SSSR count). The van der Waals surface area contributed by atoms with Crippen molar-refractivity contribution < 1.29 is 19.1 Å². The molecule has 5 nitrogen and oxygen atoms in total. The highest BCUT2D eigenvalue weighted by atomic mass is 16.6. The van der Waals surface area contributed by atoms with E-state index in [1.54, 1.807) is 36.4 Å². The Kier molecular flexibility index (Phi) is 4.61. The molecular formula is C19H17NO4. The molecule has 0 atom stereocenters. The normalized spacial score (nSPS) is 12.9. The Bertz CT molecular complexity index is 794. The maximum Gasteiger partial charge on any atom is 0.221 e. The van der Waals surface area contributed by atoms with E-state index in [1.165, 1.54) is 13.0 Å². The number of ether oxygens (including phenoxy) is 2. The Morgan fingerprint density at radius 2 is 1.71 bits per heavy atom. The monoisotopic (exact) mass is 323 g/mol. The van der Waals surface area contributed by atoms with Gasteiger partial charge in [0.25, 0.3) is 0 Å². The first kappa shape index (κ1) is 15.8. The molecule has 1 aliphatic heterocycles. The molecule has 5 heteroatoms. The number of carbonyl (C=O) groups is 2. The predicted octanol–water partition coefficient (Wildman–Crippen LogP) is 3.31. The van der Waals surface area contributed by atoms with Crippen LogP contribution in [0.2, 0.25) is 0 Å². The number of ketones is 1. The van der Waals surface area contributed by atoms with E-state index in [1.807, 2.05) is 12.1 Å². The predicted molar refractivity (Wildman–Crippen MR) is 91.5 cm³/mol. The van der Waals surface area contributed by atoms with Crippen LogP contribution in [0, 0.1) is 0 Å². The van der Waals surface area contributed by atoms with Gasteiger partial charge in [-0.25, -0.2) is 0 Å². The molecule has 0 bridgehead atoms. The molecule has 0 aromatic heterocycles. The van der Waals surface area contributed by atoms with Gasteiger partial charge in [-0.1, -0.05) is 18.2 Å². The van der Waals surface area contributed by atoms with Gasteiger partial charge in [0.05, 0.1) is 0 Å². The fourth-order valence-corrected chi connectivity index (χ4v) is 2.35. The van der Waals surface area contributed by atoms with E-state index >= 15 is 0 Å². The zero-order chi connectivity index (χ0) is 16.9. The highest BCUT2D eigenvalue weighted by Crippen LogP contribution is 2.31. The van der Waals surface area contributed by atoms with Crippen molar-refractivity contribution in [2.75, 3.05) is 18.5 Å². The smallest absolute Gasteiger partial charge is 0.221 e. The van der Waals surface area contributed by atoms with Crippen LogP contribution in [0.5, 0.6) is 11.5 Å². The third-order valence-corrected chi connectivity index (χ3v) is 3.48. The quantitative estimate of drug-likeness (QED) is 0.692. The largest absolute Gasteiger partial charge is 0.486 e. The fourth-order valence-electron chi connectivity index (χ4n) is 2.35. The van der Waals surface area contributed by atoms with Crippen molar-refractivity contribution in [2.24, 2.45) is 0 Å². The molecule has 0 radical (unpaired) electrons. The minimum Gasteiger partial charge on any atom is -0.486 e. The van der Waals surface area contributed by atoms with Gasteiger partial charge in [0.15, 0.2) is 17.3 Å². The molecule has 122 valence electrons. The number of hydrogen-bond donors (Lipinski definition) is 1. The van der Waals surface area contributed by atoms with Crippen LogP contribution < -0.4 is 14.8 Å². The molecular weight excluding hydrogens is 306 g/mol. The summed E-state index contributed by atoms with van der Waals surface area (Å²) in [4.78, 5) is 23.3. The van der Waals surface area contributed by atoms with Crippen LogP contribution in [0.1, 0.15) is 22.8 Å². The van der Waals surface area contributed by atoms with Crippen molar-refractivity contribution in [3.05, 3.63) is 59.7 Å². The van der Waals surface area contributed by atoms with E-state index in [0.717, 1.165) is 11.3 Å². The number of anilines is 1. The minimum absolute atomic E-state index is 0.113. The van der Waals surface area contributed by atoms with Gasteiger partial charge in [-0.2, -0.15) is 0 Å². The molecule has 0 spiro atoms. The molecule has 1 aliphatic rings. The molecule has 1 heterocycles. The van der Waals surface area contributed by atoms with Crippen LogP contribution in [0.15, 0.2) is 48.5 Å². The second kappa shape index (κ2) is 7.00. The van der Waals surface area contributed by atoms with E-state index < -0.39 is 0 Å². The third-order valence-electron chi connectivity index (χ3n) is 3.48. The zero-order valence-corrected chi connectivity index (χ0v) is 13.2. The maximum atomic E-state index is 12.3. The topological polar surface area (TPSA) is 64.6 Å². The number of rotatable bonds is 4. The lowest BCUT2D eigenvalue weighted by Crippen LogP contribution is -2.15. The molecule has 1 amide bonds. The summed E-state index contributed by atoms with van der Waals surface area (Å²) in [5.41, 5.74) is 2.14. The van der Waals surface area contributed by atoms with Crippen LogP contribution >= 0.6 is 0 Å². The summed E-state index contributed by atoms with van der Waals surface area (Å²) in [7, 11) is 0. The van der Waals surface area contributed by atoms with Crippen molar-refractivity contribution in [1.82, 2.24) is 0 Å². The van der Waals surface area contributed by atoms with Gasteiger partial charge in [-0.15, -0.1) is 0 Å². The van der Waals surface area contributed by atoms with Crippen LogP contribution in [-0.2, 0) is 4.79 Å². The number of carbonyl (C=O) groups excluding carboxylic acids is 2. The SMILES string of the molecule is CC(=O)Nc1ccc(/C=C/C(=O)c2ccc3c(c2)OCCO3)cc1. The van der Waals surface area contributed by atoms with Crippen LogP contribution in [0.25, 0.3) is 6.08 Å². The van der Waals surface area contributed by atoms with Gasteiger partial charge in [-0.05, 0) is 42.0 Å². The maximum absolute atomic E-state index is 12.3. The fraction of sp³-hybridized carbons (Fsp3) is 0.158. The second-order valence-electron chi connectivity index (χ2n) is 5.36. The van der Waals surface area contributed by atoms with E-state index in [0.29, 0.717) is 30.3 Å². The number of hydrogen-bond acceptors (Lipinski definition) is 4. The van der Waals surface area contributed by atoms with Gasteiger partial charge < -0.3 is 14.8 Å². The average molecular weight is 323 g/mol. The summed E-state index contributed by atoms with van der Waals surface area (Å²) < 4.78 is 10.9. The first-order valence-corrected chi connectivity index (χ1v) is 7.61. The third kappa shape index (κ3) is 3.81. The second-order valence-corrected chi connectivity index (χ2v) is 5.36. The number of fused-ring (bicyclic) bond motifs is 1. The van der Waals surface area contributed by atoms with Crippen molar-refractivity contribution in [3.8, 4) is 11.5 Å². The molecule has 0 aliphatic carbocycles. The molecule has 0 fully saturated rings. The molecule has 2 aromatic rings. The van der Waals surface area contributed by atoms with Gasteiger partial charge in [0, 0.05) is 18.2 Å². The minimum atomic E-state index is -0.118. The van der Waals surface area contributed by atoms with Gasteiger partial charge in [0.1, 0.15) is 13.2 Å². The highest BCUT2D eigenvalue weighted by molar-refractivity contribution is 6.07. The van der Waals surface area contributed by atoms with Crippen LogP contribution in [0.4, 0.5) is 5.69 Å². The Balaban J connectivity index is 1.70. The van der Waals surface area contributed by atoms with E-state index in [4.69, 9.17) is 9.47 Å². The Morgan fingerprint density at radius 3 is 2.42 bits per heavy atom. The van der Waals surface area contributed by atoms with Crippen molar-refractivity contribution in [2.45, 2.75) is 6.92 Å². The lowest BCUT2D eigenvalue weighted by atomic mass is 10.1. The number of amides is 1. The summed E-state index contributed by atoms with van der Waals surface area (Å²) in [6.45, 7) is 2.47. The Labute approximate surface area is 139 Å². The van der Waals surface area contributed by atoms with E-state index in [-0.39, 0.29) is 11.7 Å². The van der Waals surface area contributed by atoms with Crippen molar-refractivity contribution in [1.29, 1.82) is 0 Å². The van der Waals surface area contributed by atoms with Gasteiger partial charge >= 0.3 is 0 Å². The lowest BCUT2D eigenvalue weighted by Gasteiger charge is -2.18.